The molecular formula is C7H12N4O. The van der Waals surface area contributed by atoms with Gasteiger partial charge in [0, 0.05) is 12.5 Å². The molecule has 0 aromatic heterocycles. The summed E-state index contributed by atoms with van der Waals surface area (Å²) in [5, 5.41) is 7.14. The molecule has 1 amide bonds. The van der Waals surface area contributed by atoms with E-state index in [1.807, 2.05) is 0 Å². The van der Waals surface area contributed by atoms with E-state index in [9.17, 15) is 4.79 Å². The smallest absolute Gasteiger partial charge is 0.262 e. The Morgan fingerprint density at radius 1 is 1.58 bits per heavy atom. The minimum absolute atomic E-state index is 0.183. The standard InChI is InChI=1S/C7H12N4O/c8-5-6(10-11-7(5)12)4-1-2-9-3-4/h4-5,9H,1-3,8H2,(H,11,12). The van der Waals surface area contributed by atoms with Crippen molar-refractivity contribution in [1.82, 2.24) is 10.7 Å². The van der Waals surface area contributed by atoms with Gasteiger partial charge in [0.1, 0.15) is 6.04 Å². The largest absolute Gasteiger partial charge is 0.316 e. The summed E-state index contributed by atoms with van der Waals surface area (Å²) in [4.78, 5) is 11.0. The minimum Gasteiger partial charge on any atom is -0.316 e. The predicted octanol–water partition coefficient (Wildman–Crippen LogP) is -1.59. The zero-order valence-corrected chi connectivity index (χ0v) is 6.71. The molecule has 2 aliphatic rings. The molecule has 5 nitrogen and oxygen atoms in total. The molecular weight excluding hydrogens is 156 g/mol. The van der Waals surface area contributed by atoms with E-state index in [0.29, 0.717) is 5.92 Å². The van der Waals surface area contributed by atoms with Crippen LogP contribution in [0.4, 0.5) is 0 Å². The Kier molecular flexibility index (Phi) is 1.82. The normalized spacial score (nSPS) is 35.1. The molecule has 0 aromatic rings. The van der Waals surface area contributed by atoms with Gasteiger partial charge in [0.05, 0.1) is 5.71 Å². The lowest BCUT2D eigenvalue weighted by Gasteiger charge is -2.09. The van der Waals surface area contributed by atoms with E-state index in [-0.39, 0.29) is 5.91 Å². The molecule has 2 aliphatic heterocycles. The second-order valence-electron chi connectivity index (χ2n) is 3.18. The monoisotopic (exact) mass is 168 g/mol. The zero-order valence-electron chi connectivity index (χ0n) is 6.71. The molecule has 1 saturated heterocycles. The number of rotatable bonds is 1. The molecule has 0 aromatic carbocycles. The first-order valence-corrected chi connectivity index (χ1v) is 4.12. The van der Waals surface area contributed by atoms with Crippen molar-refractivity contribution >= 4 is 11.6 Å². The van der Waals surface area contributed by atoms with Crippen LogP contribution < -0.4 is 16.5 Å². The number of nitrogens with one attached hydrogen (secondary N) is 2. The molecule has 0 spiro atoms. The third-order valence-corrected chi connectivity index (χ3v) is 2.37. The van der Waals surface area contributed by atoms with Crippen molar-refractivity contribution in [2.75, 3.05) is 13.1 Å². The summed E-state index contributed by atoms with van der Waals surface area (Å²) < 4.78 is 0. The Labute approximate surface area is 70.4 Å². The second kappa shape index (κ2) is 2.84. The van der Waals surface area contributed by atoms with Crippen LogP contribution in [0, 0.1) is 5.92 Å². The fourth-order valence-electron chi connectivity index (χ4n) is 1.65. The molecule has 0 saturated carbocycles. The first kappa shape index (κ1) is 7.70. The van der Waals surface area contributed by atoms with E-state index in [1.54, 1.807) is 0 Å². The number of hydrogen-bond donors (Lipinski definition) is 3. The lowest BCUT2D eigenvalue weighted by molar-refractivity contribution is -0.120. The number of hydrogen-bond acceptors (Lipinski definition) is 4. The van der Waals surface area contributed by atoms with Gasteiger partial charge < -0.3 is 11.1 Å². The average molecular weight is 168 g/mol. The quantitative estimate of drug-likeness (QED) is 0.441. The highest BCUT2D eigenvalue weighted by molar-refractivity contribution is 6.12. The van der Waals surface area contributed by atoms with Crippen LogP contribution in [-0.4, -0.2) is 30.8 Å². The molecule has 2 rings (SSSR count). The Bertz CT molecular complexity index is 232. The summed E-state index contributed by atoms with van der Waals surface area (Å²) in [6, 6.07) is -0.519. The number of hydrazone groups is 1. The number of amides is 1. The second-order valence-corrected chi connectivity index (χ2v) is 3.18. The van der Waals surface area contributed by atoms with Crippen molar-refractivity contribution in [2.24, 2.45) is 16.8 Å². The van der Waals surface area contributed by atoms with Crippen LogP contribution in [0.25, 0.3) is 0 Å². The van der Waals surface area contributed by atoms with Gasteiger partial charge in [-0.15, -0.1) is 0 Å². The zero-order chi connectivity index (χ0) is 8.55. The van der Waals surface area contributed by atoms with Crippen LogP contribution >= 0.6 is 0 Å². The number of nitrogens with zero attached hydrogens (tertiary/aromatic N) is 1. The summed E-state index contributed by atoms with van der Waals surface area (Å²) in [6.07, 6.45) is 1.03. The van der Waals surface area contributed by atoms with Gasteiger partial charge in [-0.05, 0) is 13.0 Å². The van der Waals surface area contributed by atoms with E-state index < -0.39 is 6.04 Å². The van der Waals surface area contributed by atoms with Crippen molar-refractivity contribution in [3.63, 3.8) is 0 Å². The highest BCUT2D eigenvalue weighted by Gasteiger charge is 2.33. The van der Waals surface area contributed by atoms with E-state index >= 15 is 0 Å². The predicted molar refractivity (Wildman–Crippen MR) is 44.5 cm³/mol. The third kappa shape index (κ3) is 1.11. The molecule has 0 bridgehead atoms. The molecule has 0 radical (unpaired) electrons. The van der Waals surface area contributed by atoms with Crippen molar-refractivity contribution in [3.8, 4) is 0 Å². The Balaban J connectivity index is 2.08. The molecule has 2 unspecified atom stereocenters. The Morgan fingerprint density at radius 3 is 2.92 bits per heavy atom. The number of carbonyl (C=O) groups excluding carboxylic acids is 1. The van der Waals surface area contributed by atoms with Crippen LogP contribution in [0.1, 0.15) is 6.42 Å². The van der Waals surface area contributed by atoms with Crippen LogP contribution in [0.3, 0.4) is 0 Å². The maximum absolute atomic E-state index is 11.0. The van der Waals surface area contributed by atoms with Crippen molar-refractivity contribution in [3.05, 3.63) is 0 Å². The number of carbonyl (C=O) groups is 1. The lowest BCUT2D eigenvalue weighted by atomic mass is 9.97. The first-order valence-electron chi connectivity index (χ1n) is 4.12. The fourth-order valence-corrected chi connectivity index (χ4v) is 1.65. The van der Waals surface area contributed by atoms with E-state index in [2.05, 4.69) is 15.8 Å². The highest BCUT2D eigenvalue weighted by Crippen LogP contribution is 2.14. The molecule has 2 atom stereocenters. The summed E-state index contributed by atoms with van der Waals surface area (Å²) in [5.41, 5.74) is 8.83. The first-order chi connectivity index (χ1) is 5.79. The number of nitrogens with two attached hydrogens (primary N) is 1. The molecule has 66 valence electrons. The molecule has 5 heteroatoms. The van der Waals surface area contributed by atoms with Gasteiger partial charge >= 0.3 is 0 Å². The summed E-state index contributed by atoms with van der Waals surface area (Å²) in [7, 11) is 0. The molecule has 2 heterocycles. The maximum Gasteiger partial charge on any atom is 0.262 e. The maximum atomic E-state index is 11.0. The van der Waals surface area contributed by atoms with E-state index in [1.165, 1.54) is 0 Å². The summed E-state index contributed by atoms with van der Waals surface area (Å²) in [5.74, 6) is 0.163. The molecule has 12 heavy (non-hydrogen) atoms. The fraction of sp³-hybridized carbons (Fsp3) is 0.714. The van der Waals surface area contributed by atoms with Crippen molar-refractivity contribution in [2.45, 2.75) is 12.5 Å². The van der Waals surface area contributed by atoms with Crippen molar-refractivity contribution < 1.29 is 4.79 Å². The Morgan fingerprint density at radius 2 is 2.42 bits per heavy atom. The van der Waals surface area contributed by atoms with Crippen LogP contribution in [0.15, 0.2) is 5.10 Å². The summed E-state index contributed by atoms with van der Waals surface area (Å²) >= 11 is 0. The van der Waals surface area contributed by atoms with Crippen molar-refractivity contribution in [1.29, 1.82) is 0 Å². The molecule has 4 N–H and O–H groups in total. The van der Waals surface area contributed by atoms with Gasteiger partial charge in [-0.3, -0.25) is 4.79 Å². The van der Waals surface area contributed by atoms with Crippen LogP contribution in [0.2, 0.25) is 0 Å². The van der Waals surface area contributed by atoms with Gasteiger partial charge in [-0.1, -0.05) is 0 Å². The van der Waals surface area contributed by atoms with E-state index in [4.69, 9.17) is 5.73 Å². The third-order valence-electron chi connectivity index (χ3n) is 2.37. The SMILES string of the molecule is NC1C(=O)NN=C1C1CCNC1. The average Bonchev–Trinajstić information content (AvgIpc) is 2.64. The summed E-state index contributed by atoms with van der Waals surface area (Å²) in [6.45, 7) is 1.88. The highest BCUT2D eigenvalue weighted by atomic mass is 16.2. The van der Waals surface area contributed by atoms with Crippen LogP contribution in [0.5, 0.6) is 0 Å². The van der Waals surface area contributed by atoms with Gasteiger partial charge in [-0.2, -0.15) is 5.10 Å². The van der Waals surface area contributed by atoms with Crippen LogP contribution in [-0.2, 0) is 4.79 Å². The van der Waals surface area contributed by atoms with E-state index in [0.717, 1.165) is 25.2 Å². The Hall–Kier alpha value is -0.940. The van der Waals surface area contributed by atoms with Gasteiger partial charge in [0.15, 0.2) is 0 Å². The van der Waals surface area contributed by atoms with Gasteiger partial charge in [0.25, 0.3) is 5.91 Å². The minimum atomic E-state index is -0.519. The van der Waals surface area contributed by atoms with Gasteiger partial charge in [-0.25, -0.2) is 5.43 Å². The topological polar surface area (TPSA) is 79.5 Å². The lowest BCUT2D eigenvalue weighted by Crippen LogP contribution is -2.40. The van der Waals surface area contributed by atoms with Gasteiger partial charge in [0.2, 0.25) is 0 Å². The molecule has 1 fully saturated rings. The molecule has 0 aliphatic carbocycles.